The Kier molecular flexibility index (Phi) is 6.31. The maximum Gasteiger partial charge on any atom is 0.128 e. The lowest BCUT2D eigenvalue weighted by molar-refractivity contribution is -0.969. The lowest BCUT2D eigenvalue weighted by Crippen LogP contribution is -2.56. The van der Waals surface area contributed by atoms with E-state index >= 15 is 0 Å². The van der Waals surface area contributed by atoms with Gasteiger partial charge in [-0.1, -0.05) is 38.8 Å². The first kappa shape index (κ1) is 19.4. The average Bonchev–Trinajstić information content (AvgIpc) is 3.02. The van der Waals surface area contributed by atoms with Gasteiger partial charge in [-0.05, 0) is 44.4 Å². The molecule has 4 aliphatic rings. The van der Waals surface area contributed by atoms with Crippen LogP contribution in [0.15, 0.2) is 12.2 Å². The predicted molar refractivity (Wildman–Crippen MR) is 108 cm³/mol. The quantitative estimate of drug-likeness (QED) is 0.396. The molecule has 0 amide bonds. The molecule has 144 valence electrons. The Bertz CT molecular complexity index is 425. The lowest BCUT2D eigenvalue weighted by Gasteiger charge is -2.41. The molecule has 2 nitrogen and oxygen atoms in total. The van der Waals surface area contributed by atoms with Gasteiger partial charge in [-0.2, -0.15) is 0 Å². The van der Waals surface area contributed by atoms with Crippen molar-refractivity contribution in [3.8, 4) is 0 Å². The second kappa shape index (κ2) is 8.13. The Morgan fingerprint density at radius 2 is 1.36 bits per heavy atom. The Morgan fingerprint density at radius 3 is 1.76 bits per heavy atom. The molecule has 1 saturated carbocycles. The van der Waals surface area contributed by atoms with Crippen LogP contribution < -0.4 is 0 Å². The predicted octanol–water partition coefficient (Wildman–Crippen LogP) is 4.71. The van der Waals surface area contributed by atoms with Gasteiger partial charge < -0.3 is 8.97 Å². The summed E-state index contributed by atoms with van der Waals surface area (Å²) in [5.74, 6) is 3.84. The van der Waals surface area contributed by atoms with E-state index in [-0.39, 0.29) is 0 Å². The first-order valence-electron chi connectivity index (χ1n) is 11.4. The molecule has 1 heterocycles. The molecule has 0 aromatic heterocycles. The number of quaternary nitrogens is 2. The van der Waals surface area contributed by atoms with Gasteiger partial charge in [0.25, 0.3) is 0 Å². The van der Waals surface area contributed by atoms with Gasteiger partial charge in [-0.3, -0.25) is 0 Å². The smallest absolute Gasteiger partial charge is 0.128 e. The van der Waals surface area contributed by atoms with Crippen molar-refractivity contribution in [2.45, 2.75) is 59.3 Å². The van der Waals surface area contributed by atoms with Gasteiger partial charge in [0.05, 0.1) is 39.8 Å². The minimum atomic E-state index is 0.917. The molecule has 2 fully saturated rings. The van der Waals surface area contributed by atoms with E-state index in [1.165, 1.54) is 93.3 Å². The summed E-state index contributed by atoms with van der Waals surface area (Å²) in [6, 6.07) is 0. The number of fused-ring (bicyclic) bond motifs is 1. The highest BCUT2D eigenvalue weighted by molar-refractivity contribution is 5.10. The highest BCUT2D eigenvalue weighted by atomic mass is 15.4. The number of likely N-dealkylation sites (N-methyl/N-ethyl adjacent to an activating group) is 2. The van der Waals surface area contributed by atoms with E-state index in [2.05, 4.69) is 40.0 Å². The number of allylic oxidation sites excluding steroid dienone is 2. The van der Waals surface area contributed by atoms with Crippen molar-refractivity contribution in [2.75, 3.05) is 52.9 Å². The van der Waals surface area contributed by atoms with Crippen LogP contribution in [0.1, 0.15) is 59.3 Å². The number of nitrogens with zero attached hydrogens (tertiary/aromatic N) is 2. The van der Waals surface area contributed by atoms with Crippen LogP contribution in [0.25, 0.3) is 0 Å². The summed E-state index contributed by atoms with van der Waals surface area (Å²) in [7, 11) is 2.59. The molecule has 25 heavy (non-hydrogen) atoms. The van der Waals surface area contributed by atoms with E-state index in [0.717, 1.165) is 23.7 Å². The molecule has 0 spiro atoms. The normalized spacial score (nSPS) is 36.8. The van der Waals surface area contributed by atoms with E-state index in [1.54, 1.807) is 0 Å². The van der Waals surface area contributed by atoms with Crippen LogP contribution in [-0.4, -0.2) is 61.8 Å². The first-order valence-corrected chi connectivity index (χ1v) is 11.4. The van der Waals surface area contributed by atoms with Gasteiger partial charge in [-0.25, -0.2) is 0 Å². The Labute approximate surface area is 157 Å². The van der Waals surface area contributed by atoms with Gasteiger partial charge in [0.1, 0.15) is 13.1 Å². The molecule has 4 unspecified atom stereocenters. The summed E-state index contributed by atoms with van der Waals surface area (Å²) in [4.78, 5) is 0. The molecule has 0 N–H and O–H groups in total. The summed E-state index contributed by atoms with van der Waals surface area (Å²) < 4.78 is 2.75. The molecule has 0 radical (unpaired) electrons. The monoisotopic (exact) mass is 348 g/mol. The average molecular weight is 349 g/mol. The molecule has 1 aliphatic heterocycles. The van der Waals surface area contributed by atoms with Crippen molar-refractivity contribution >= 4 is 0 Å². The highest BCUT2D eigenvalue weighted by Crippen LogP contribution is 2.49. The van der Waals surface area contributed by atoms with E-state index in [9.17, 15) is 0 Å². The fraction of sp³-hybridized carbons (Fsp3) is 0.913. The number of likely N-dealkylation sites (tertiary alicyclic amines) is 1. The Morgan fingerprint density at radius 1 is 0.840 bits per heavy atom. The van der Waals surface area contributed by atoms with E-state index in [4.69, 9.17) is 0 Å². The molecule has 1 saturated heterocycles. The summed E-state index contributed by atoms with van der Waals surface area (Å²) in [5.41, 5.74) is 0. The summed E-state index contributed by atoms with van der Waals surface area (Å²) in [5, 5.41) is 0. The third-order valence-corrected chi connectivity index (χ3v) is 8.15. The molecule has 0 aromatic rings. The molecular formula is C23H44N2+2. The molecule has 0 aromatic carbocycles. The second-order valence-corrected chi connectivity index (χ2v) is 9.86. The number of unbranched alkanes of at least 4 members (excludes halogenated alkanes) is 2. The van der Waals surface area contributed by atoms with Gasteiger partial charge >= 0.3 is 0 Å². The molecule has 4 rings (SSSR count). The number of hydrogen-bond donors (Lipinski definition) is 0. The topological polar surface area (TPSA) is 0 Å². The van der Waals surface area contributed by atoms with E-state index in [0.29, 0.717) is 0 Å². The van der Waals surface area contributed by atoms with E-state index in [1.807, 2.05) is 0 Å². The fourth-order valence-corrected chi connectivity index (χ4v) is 6.28. The second-order valence-electron chi connectivity index (χ2n) is 9.86. The lowest BCUT2D eigenvalue weighted by atomic mass is 9.64. The molecule has 2 bridgehead atoms. The third-order valence-electron chi connectivity index (χ3n) is 8.15. The van der Waals surface area contributed by atoms with Crippen molar-refractivity contribution in [3.05, 3.63) is 12.2 Å². The largest absolute Gasteiger partial charge is 0.321 e. The van der Waals surface area contributed by atoms with Gasteiger partial charge in [0.15, 0.2) is 0 Å². The maximum atomic E-state index is 2.59. The summed E-state index contributed by atoms with van der Waals surface area (Å²) in [6.45, 7) is 17.0. The minimum absolute atomic E-state index is 0.917. The van der Waals surface area contributed by atoms with Crippen molar-refractivity contribution in [3.63, 3.8) is 0 Å². The van der Waals surface area contributed by atoms with Crippen molar-refractivity contribution in [1.82, 2.24) is 0 Å². The zero-order chi connectivity index (χ0) is 17.9. The van der Waals surface area contributed by atoms with Crippen molar-refractivity contribution < 1.29 is 8.97 Å². The Hall–Kier alpha value is -0.340. The standard InChI is InChI=1S/C23H44N2/c1-5-8-14-25(7-3,15-9-6-2)17-16-24(4)18-22-20-10-11-21(13-12-20)23(22)19-24/h10-11,20-23H,5-9,12-19H2,1-4H3/q+2. The maximum absolute atomic E-state index is 2.59. The number of rotatable bonds is 10. The number of hydrogen-bond acceptors (Lipinski definition) is 0. The van der Waals surface area contributed by atoms with Crippen LogP contribution >= 0.6 is 0 Å². The van der Waals surface area contributed by atoms with Crippen molar-refractivity contribution in [1.29, 1.82) is 0 Å². The molecule has 2 heteroatoms. The summed E-state index contributed by atoms with van der Waals surface area (Å²) in [6.07, 6.45) is 13.6. The van der Waals surface area contributed by atoms with Crippen molar-refractivity contribution in [2.24, 2.45) is 23.7 Å². The van der Waals surface area contributed by atoms with Crippen LogP contribution in [0, 0.1) is 23.7 Å². The highest BCUT2D eigenvalue weighted by Gasteiger charge is 2.52. The van der Waals surface area contributed by atoms with Crippen LogP contribution in [0.4, 0.5) is 0 Å². The fourth-order valence-electron chi connectivity index (χ4n) is 6.28. The minimum Gasteiger partial charge on any atom is -0.321 e. The third kappa shape index (κ3) is 4.16. The molecular weight excluding hydrogens is 304 g/mol. The van der Waals surface area contributed by atoms with Crippen LogP contribution in [0.5, 0.6) is 0 Å². The molecule has 4 atom stereocenters. The van der Waals surface area contributed by atoms with Crippen LogP contribution in [0.3, 0.4) is 0 Å². The van der Waals surface area contributed by atoms with Crippen LogP contribution in [-0.2, 0) is 0 Å². The first-order chi connectivity index (χ1) is 12.0. The zero-order valence-electron chi connectivity index (χ0n) is 17.6. The van der Waals surface area contributed by atoms with Gasteiger partial charge in [-0.15, -0.1) is 0 Å². The summed E-state index contributed by atoms with van der Waals surface area (Å²) >= 11 is 0. The molecule has 3 aliphatic carbocycles. The van der Waals surface area contributed by atoms with Gasteiger partial charge in [0, 0.05) is 11.8 Å². The zero-order valence-corrected chi connectivity index (χ0v) is 17.6. The van der Waals surface area contributed by atoms with Crippen LogP contribution in [0.2, 0.25) is 0 Å². The SMILES string of the molecule is CCCC[N+](CC)(CCCC)CC[N+]1(C)CC2C3C=CC(CC3)C2C1. The Balaban J connectivity index is 1.62. The van der Waals surface area contributed by atoms with Gasteiger partial charge in [0.2, 0.25) is 0 Å². The van der Waals surface area contributed by atoms with E-state index < -0.39 is 0 Å².